The van der Waals surface area contributed by atoms with E-state index in [1.165, 1.54) is 17.0 Å². The monoisotopic (exact) mass is 302 g/mol. The Hall–Kier alpha value is -2.05. The Labute approximate surface area is 126 Å². The molecule has 0 saturated heterocycles. The molecule has 2 heterocycles. The number of thiophene rings is 1. The van der Waals surface area contributed by atoms with Crippen molar-refractivity contribution in [1.29, 1.82) is 0 Å². The first-order valence-corrected chi connectivity index (χ1v) is 7.52. The molecule has 0 atom stereocenters. The summed E-state index contributed by atoms with van der Waals surface area (Å²) in [5.74, 6) is -0.244. The summed E-state index contributed by atoms with van der Waals surface area (Å²) in [5, 5.41) is 10.3. The highest BCUT2D eigenvalue weighted by Crippen LogP contribution is 2.18. The lowest BCUT2D eigenvalue weighted by Crippen LogP contribution is -2.09. The highest BCUT2D eigenvalue weighted by atomic mass is 32.1. The molecule has 2 aromatic heterocycles. The van der Waals surface area contributed by atoms with Crippen LogP contribution in [0.15, 0.2) is 41.8 Å². The summed E-state index contributed by atoms with van der Waals surface area (Å²) >= 11 is 1.69. The minimum absolute atomic E-state index is 0.244. The average Bonchev–Trinajstić information content (AvgIpc) is 3.10. The number of rotatable bonds is 5. The molecule has 21 heavy (non-hydrogen) atoms. The van der Waals surface area contributed by atoms with Gasteiger partial charge in [-0.25, -0.2) is 9.07 Å². The quantitative estimate of drug-likeness (QED) is 0.788. The smallest absolute Gasteiger partial charge is 0.123 e. The largest absolute Gasteiger partial charge is 0.325 e. The van der Waals surface area contributed by atoms with Gasteiger partial charge in [-0.3, -0.25) is 0 Å². The van der Waals surface area contributed by atoms with E-state index < -0.39 is 0 Å². The molecule has 108 valence electrons. The van der Waals surface area contributed by atoms with Crippen LogP contribution in [0.4, 0.5) is 4.39 Å². The second-order valence-corrected chi connectivity index (χ2v) is 5.76. The number of benzene rings is 1. The van der Waals surface area contributed by atoms with Crippen molar-refractivity contribution in [2.75, 3.05) is 0 Å². The van der Waals surface area contributed by atoms with E-state index in [-0.39, 0.29) is 5.82 Å². The number of nitrogens with two attached hydrogens (primary N) is 1. The topological polar surface area (TPSA) is 56.7 Å². The second kappa shape index (κ2) is 6.15. The van der Waals surface area contributed by atoms with Gasteiger partial charge in [-0.05, 0) is 29.1 Å². The average molecular weight is 302 g/mol. The molecule has 0 bridgehead atoms. The normalized spacial score (nSPS) is 11.0. The summed E-state index contributed by atoms with van der Waals surface area (Å²) < 4.78 is 15.1. The van der Waals surface area contributed by atoms with E-state index in [1.807, 2.05) is 17.5 Å². The third kappa shape index (κ3) is 3.17. The van der Waals surface area contributed by atoms with E-state index in [0.29, 0.717) is 13.1 Å². The van der Waals surface area contributed by atoms with Crippen molar-refractivity contribution in [1.82, 2.24) is 15.0 Å². The van der Waals surface area contributed by atoms with Crippen LogP contribution in [0.3, 0.4) is 0 Å². The molecular formula is C15H15FN4S. The predicted molar refractivity (Wildman–Crippen MR) is 80.5 cm³/mol. The van der Waals surface area contributed by atoms with Crippen LogP contribution < -0.4 is 5.73 Å². The first-order chi connectivity index (χ1) is 10.3. The molecule has 0 aliphatic rings. The lowest BCUT2D eigenvalue weighted by Gasteiger charge is -2.07. The van der Waals surface area contributed by atoms with E-state index in [4.69, 9.17) is 5.73 Å². The summed E-state index contributed by atoms with van der Waals surface area (Å²) in [7, 11) is 0. The van der Waals surface area contributed by atoms with Gasteiger partial charge in [-0.15, -0.1) is 16.4 Å². The molecule has 0 fully saturated rings. The second-order valence-electron chi connectivity index (χ2n) is 4.73. The van der Waals surface area contributed by atoms with Crippen molar-refractivity contribution in [3.8, 4) is 0 Å². The molecular weight excluding hydrogens is 287 g/mol. The van der Waals surface area contributed by atoms with Crippen LogP contribution in [0.25, 0.3) is 0 Å². The van der Waals surface area contributed by atoms with Crippen LogP contribution in [0.2, 0.25) is 0 Å². The van der Waals surface area contributed by atoms with Gasteiger partial charge < -0.3 is 5.73 Å². The number of halogens is 1. The first-order valence-electron chi connectivity index (χ1n) is 6.64. The fraction of sp³-hybridized carbons (Fsp3) is 0.200. The Morgan fingerprint density at radius 3 is 2.86 bits per heavy atom. The predicted octanol–water partition coefficient (Wildman–Crippen LogP) is 2.58. The number of aromatic nitrogens is 3. The van der Waals surface area contributed by atoms with Crippen LogP contribution in [0.5, 0.6) is 0 Å². The summed E-state index contributed by atoms with van der Waals surface area (Å²) in [6.07, 6.45) is 0.743. The van der Waals surface area contributed by atoms with Crippen molar-refractivity contribution in [3.05, 3.63) is 69.4 Å². The molecule has 6 heteroatoms. The molecule has 0 unspecified atom stereocenters. The van der Waals surface area contributed by atoms with Gasteiger partial charge in [0.15, 0.2) is 0 Å². The highest BCUT2D eigenvalue weighted by Gasteiger charge is 2.13. The van der Waals surface area contributed by atoms with E-state index in [2.05, 4.69) is 16.4 Å². The van der Waals surface area contributed by atoms with Crippen molar-refractivity contribution < 1.29 is 4.39 Å². The third-order valence-electron chi connectivity index (χ3n) is 3.25. The van der Waals surface area contributed by atoms with Gasteiger partial charge in [0.05, 0.1) is 17.9 Å². The molecule has 0 aliphatic carbocycles. The molecule has 2 N–H and O–H groups in total. The van der Waals surface area contributed by atoms with Crippen molar-refractivity contribution >= 4 is 11.3 Å². The zero-order valence-electron chi connectivity index (χ0n) is 11.4. The minimum Gasteiger partial charge on any atom is -0.325 e. The van der Waals surface area contributed by atoms with Gasteiger partial charge in [0.25, 0.3) is 0 Å². The van der Waals surface area contributed by atoms with E-state index in [9.17, 15) is 4.39 Å². The fourth-order valence-electron chi connectivity index (χ4n) is 2.23. The Morgan fingerprint density at radius 1 is 1.24 bits per heavy atom. The maximum absolute atomic E-state index is 13.3. The van der Waals surface area contributed by atoms with Crippen LogP contribution in [0.1, 0.15) is 21.8 Å². The van der Waals surface area contributed by atoms with Crippen LogP contribution in [0, 0.1) is 5.82 Å². The lowest BCUT2D eigenvalue weighted by atomic mass is 10.2. The van der Waals surface area contributed by atoms with E-state index in [1.54, 1.807) is 22.1 Å². The van der Waals surface area contributed by atoms with Crippen LogP contribution in [-0.2, 0) is 19.5 Å². The van der Waals surface area contributed by atoms with Crippen molar-refractivity contribution in [2.45, 2.75) is 19.5 Å². The molecule has 0 aliphatic heterocycles. The summed E-state index contributed by atoms with van der Waals surface area (Å²) in [6, 6.07) is 10.6. The third-order valence-corrected chi connectivity index (χ3v) is 4.13. The Bertz CT molecular complexity index is 721. The van der Waals surface area contributed by atoms with Gasteiger partial charge in [-0.1, -0.05) is 23.4 Å². The molecule has 3 rings (SSSR count). The Kier molecular flexibility index (Phi) is 4.08. The lowest BCUT2D eigenvalue weighted by molar-refractivity contribution is 0.606. The zero-order valence-corrected chi connectivity index (χ0v) is 12.2. The standard InChI is InChI=1S/C15H15FN4S/c16-12-4-1-3-11(7-12)10-20-15(14(9-17)18-19-20)8-13-5-2-6-21-13/h1-7H,8-10,17H2. The fourth-order valence-corrected chi connectivity index (χ4v) is 2.94. The molecule has 0 saturated carbocycles. The number of hydrogen-bond acceptors (Lipinski definition) is 4. The maximum Gasteiger partial charge on any atom is 0.123 e. The van der Waals surface area contributed by atoms with Gasteiger partial charge in [0.1, 0.15) is 5.82 Å². The van der Waals surface area contributed by atoms with Gasteiger partial charge in [0, 0.05) is 17.8 Å². The zero-order chi connectivity index (χ0) is 14.7. The number of hydrogen-bond donors (Lipinski definition) is 1. The van der Waals surface area contributed by atoms with Gasteiger partial charge in [-0.2, -0.15) is 0 Å². The molecule has 4 nitrogen and oxygen atoms in total. The van der Waals surface area contributed by atoms with Crippen molar-refractivity contribution in [2.24, 2.45) is 5.73 Å². The van der Waals surface area contributed by atoms with Crippen LogP contribution >= 0.6 is 11.3 Å². The van der Waals surface area contributed by atoms with Crippen molar-refractivity contribution in [3.63, 3.8) is 0 Å². The first kappa shape index (κ1) is 13.9. The minimum atomic E-state index is -0.244. The SMILES string of the molecule is NCc1nnn(Cc2cccc(F)c2)c1Cc1cccs1. The Morgan fingerprint density at radius 2 is 2.14 bits per heavy atom. The van der Waals surface area contributed by atoms with Gasteiger partial charge in [0.2, 0.25) is 0 Å². The van der Waals surface area contributed by atoms with Gasteiger partial charge >= 0.3 is 0 Å². The summed E-state index contributed by atoms with van der Waals surface area (Å²) in [6.45, 7) is 0.843. The summed E-state index contributed by atoms with van der Waals surface area (Å²) in [4.78, 5) is 1.23. The van der Waals surface area contributed by atoms with E-state index >= 15 is 0 Å². The molecule has 1 aromatic carbocycles. The summed E-state index contributed by atoms with van der Waals surface area (Å²) in [5.41, 5.74) is 8.38. The maximum atomic E-state index is 13.3. The van der Waals surface area contributed by atoms with E-state index in [0.717, 1.165) is 23.4 Å². The highest BCUT2D eigenvalue weighted by molar-refractivity contribution is 7.09. The molecule has 0 radical (unpaired) electrons. The molecule has 0 spiro atoms. The molecule has 3 aromatic rings. The number of nitrogens with zero attached hydrogens (tertiary/aromatic N) is 3. The Balaban J connectivity index is 1.89. The molecule has 0 amide bonds. The van der Waals surface area contributed by atoms with Crippen LogP contribution in [-0.4, -0.2) is 15.0 Å².